The molecule has 3 heterocycles. The normalized spacial score (nSPS) is 20.8. The molecule has 0 spiro atoms. The third kappa shape index (κ3) is 6.32. The zero-order valence-corrected chi connectivity index (χ0v) is 19.1. The number of benzene rings is 1. The Bertz CT molecular complexity index is 770. The van der Waals surface area contributed by atoms with E-state index in [0.717, 1.165) is 67.3 Å². The first kappa shape index (κ1) is 23.9. The summed E-state index contributed by atoms with van der Waals surface area (Å²) in [5.74, 6) is 2.54. The molecule has 0 saturated carbocycles. The molecular weight excluding hydrogens is 429 g/mol. The summed E-state index contributed by atoms with van der Waals surface area (Å²) in [4.78, 5) is 19.3. The zero-order valence-electron chi connectivity index (χ0n) is 16.6. The Hall–Kier alpha value is -1.34. The lowest BCUT2D eigenvalue weighted by molar-refractivity contribution is -0.130. The van der Waals surface area contributed by atoms with Crippen LogP contribution in [0.3, 0.4) is 0 Å². The van der Waals surface area contributed by atoms with Crippen LogP contribution in [0.1, 0.15) is 29.1 Å². The predicted molar refractivity (Wildman–Crippen MR) is 121 cm³/mol. The Kier molecular flexibility index (Phi) is 9.21. The molecule has 4 rings (SSSR count). The Morgan fingerprint density at radius 3 is 2.48 bits per heavy atom. The fourth-order valence-electron chi connectivity index (χ4n) is 4.01. The molecule has 8 heteroatoms. The number of halogens is 2. The maximum atomic E-state index is 12.7. The molecule has 0 unspecified atom stereocenters. The highest BCUT2D eigenvalue weighted by Gasteiger charge is 2.31. The van der Waals surface area contributed by atoms with E-state index < -0.39 is 0 Å². The largest absolute Gasteiger partial charge is 0.486 e. The van der Waals surface area contributed by atoms with Crippen LogP contribution in [0.2, 0.25) is 0 Å². The van der Waals surface area contributed by atoms with Crippen LogP contribution in [0.4, 0.5) is 0 Å². The van der Waals surface area contributed by atoms with Crippen LogP contribution in [-0.4, -0.2) is 42.0 Å². The van der Waals surface area contributed by atoms with Gasteiger partial charge in [0.05, 0.1) is 12.1 Å². The summed E-state index contributed by atoms with van der Waals surface area (Å²) in [5.41, 5.74) is 2.07. The first-order valence-corrected chi connectivity index (χ1v) is 10.7. The summed E-state index contributed by atoms with van der Waals surface area (Å²) in [6.45, 7) is 6.50. The van der Waals surface area contributed by atoms with Crippen LogP contribution < -0.4 is 10.1 Å². The van der Waals surface area contributed by atoms with Gasteiger partial charge in [0.2, 0.25) is 5.91 Å². The molecule has 2 fully saturated rings. The highest BCUT2D eigenvalue weighted by atomic mass is 35.5. The fraction of sp³-hybridized carbons (Fsp3) is 0.524. The van der Waals surface area contributed by atoms with E-state index >= 15 is 0 Å². The van der Waals surface area contributed by atoms with Crippen molar-refractivity contribution < 1.29 is 9.53 Å². The average molecular weight is 458 g/mol. The Morgan fingerprint density at radius 2 is 1.83 bits per heavy atom. The first-order chi connectivity index (χ1) is 13.2. The minimum atomic E-state index is 0. The zero-order chi connectivity index (χ0) is 18.6. The molecule has 0 radical (unpaired) electrons. The number of nitrogens with one attached hydrogen (secondary N) is 1. The minimum absolute atomic E-state index is 0. The topological polar surface area (TPSA) is 54.5 Å². The number of likely N-dealkylation sites (tertiary alicyclic amines) is 1. The monoisotopic (exact) mass is 457 g/mol. The van der Waals surface area contributed by atoms with E-state index in [0.29, 0.717) is 13.0 Å². The van der Waals surface area contributed by atoms with Gasteiger partial charge in [0.1, 0.15) is 17.4 Å². The molecule has 2 atom stereocenters. The lowest BCUT2D eigenvalue weighted by Gasteiger charge is -2.20. The smallest absolute Gasteiger partial charge is 0.228 e. The molecule has 5 nitrogen and oxygen atoms in total. The fourth-order valence-corrected chi connectivity index (χ4v) is 4.72. The van der Waals surface area contributed by atoms with Crippen molar-refractivity contribution in [2.45, 2.75) is 32.8 Å². The molecule has 1 amide bonds. The van der Waals surface area contributed by atoms with Crippen molar-refractivity contribution in [2.24, 2.45) is 11.8 Å². The summed E-state index contributed by atoms with van der Waals surface area (Å²) < 4.78 is 5.79. The Morgan fingerprint density at radius 1 is 1.17 bits per heavy atom. The first-order valence-electron chi connectivity index (χ1n) is 9.78. The van der Waals surface area contributed by atoms with Gasteiger partial charge in [-0.15, -0.1) is 36.2 Å². The molecular formula is C21H29Cl2N3O2S. The van der Waals surface area contributed by atoms with Gasteiger partial charge in [-0.2, -0.15) is 0 Å². The van der Waals surface area contributed by atoms with Gasteiger partial charge in [-0.25, -0.2) is 4.98 Å². The van der Waals surface area contributed by atoms with Gasteiger partial charge in [-0.05, 0) is 56.8 Å². The van der Waals surface area contributed by atoms with Crippen LogP contribution in [0.5, 0.6) is 5.75 Å². The number of rotatable bonds is 5. The van der Waals surface area contributed by atoms with Crippen LogP contribution in [0.15, 0.2) is 29.6 Å². The van der Waals surface area contributed by atoms with Crippen molar-refractivity contribution in [3.63, 3.8) is 0 Å². The number of hydrogen-bond acceptors (Lipinski definition) is 5. The molecule has 2 saturated heterocycles. The maximum Gasteiger partial charge on any atom is 0.228 e. The lowest BCUT2D eigenvalue weighted by Crippen LogP contribution is -2.34. The standard InChI is InChI=1S/C21H27N3O2S.2ClH/c1-15-2-4-19(5-3-15)26-13-20-23-18(14-27-20)10-21(25)24-8-6-16-11-22-12-17(16)7-9-24;;/h2-5,14,16-17,22H,6-13H2,1H3;2*1H/t16-,17+;;. The quantitative estimate of drug-likeness (QED) is 0.739. The van der Waals surface area contributed by atoms with E-state index in [1.54, 1.807) is 11.3 Å². The van der Waals surface area contributed by atoms with Gasteiger partial charge in [0.15, 0.2) is 0 Å². The SMILES string of the molecule is Cc1ccc(OCc2nc(CC(=O)N3CC[C@@H]4CNC[C@@H]4CC3)cs2)cc1.Cl.Cl. The van der Waals surface area contributed by atoms with Gasteiger partial charge >= 0.3 is 0 Å². The van der Waals surface area contributed by atoms with E-state index in [2.05, 4.69) is 17.2 Å². The highest BCUT2D eigenvalue weighted by molar-refractivity contribution is 7.09. The summed E-state index contributed by atoms with van der Waals surface area (Å²) in [5, 5.41) is 6.38. The molecule has 1 aromatic heterocycles. The Balaban J connectivity index is 0.00000150. The number of hydrogen-bond donors (Lipinski definition) is 1. The van der Waals surface area contributed by atoms with Crippen LogP contribution >= 0.6 is 36.2 Å². The molecule has 1 N–H and O–H groups in total. The van der Waals surface area contributed by atoms with Gasteiger partial charge in [-0.3, -0.25) is 4.79 Å². The summed E-state index contributed by atoms with van der Waals surface area (Å²) >= 11 is 1.56. The van der Waals surface area contributed by atoms with Gasteiger partial charge < -0.3 is 15.0 Å². The average Bonchev–Trinajstić information content (AvgIpc) is 3.26. The van der Waals surface area contributed by atoms with E-state index in [9.17, 15) is 4.79 Å². The second-order valence-electron chi connectivity index (χ2n) is 7.65. The highest BCUT2D eigenvalue weighted by Crippen LogP contribution is 2.27. The van der Waals surface area contributed by atoms with Crippen LogP contribution in [0, 0.1) is 18.8 Å². The third-order valence-corrected chi connectivity index (χ3v) is 6.56. The molecule has 2 aliphatic rings. The number of thiazole rings is 1. The van der Waals surface area contributed by atoms with Gasteiger partial charge in [0.25, 0.3) is 0 Å². The summed E-state index contributed by atoms with van der Waals surface area (Å²) in [6.07, 6.45) is 2.64. The van der Waals surface area contributed by atoms with Gasteiger partial charge in [-0.1, -0.05) is 17.7 Å². The second-order valence-corrected chi connectivity index (χ2v) is 8.59. The molecule has 1 aromatic carbocycles. The number of fused-ring (bicyclic) bond motifs is 1. The lowest BCUT2D eigenvalue weighted by atomic mass is 9.92. The van der Waals surface area contributed by atoms with Crippen molar-refractivity contribution in [3.05, 3.63) is 45.9 Å². The third-order valence-electron chi connectivity index (χ3n) is 5.69. The van der Waals surface area contributed by atoms with Gasteiger partial charge in [0, 0.05) is 18.5 Å². The number of aromatic nitrogens is 1. The summed E-state index contributed by atoms with van der Waals surface area (Å²) in [7, 11) is 0. The molecule has 2 aromatic rings. The van der Waals surface area contributed by atoms with Crippen LogP contribution in [0.25, 0.3) is 0 Å². The number of carbonyl (C=O) groups is 1. The summed E-state index contributed by atoms with van der Waals surface area (Å²) in [6, 6.07) is 8.01. The van der Waals surface area contributed by atoms with E-state index in [4.69, 9.17) is 4.74 Å². The second kappa shape index (κ2) is 11.2. The van der Waals surface area contributed by atoms with E-state index in [1.165, 1.54) is 5.56 Å². The number of ether oxygens (including phenoxy) is 1. The van der Waals surface area contributed by atoms with Crippen LogP contribution in [-0.2, 0) is 17.8 Å². The van der Waals surface area contributed by atoms with Crippen molar-refractivity contribution in [1.29, 1.82) is 0 Å². The van der Waals surface area contributed by atoms with E-state index in [1.807, 2.05) is 34.5 Å². The van der Waals surface area contributed by atoms with Crippen molar-refractivity contribution in [3.8, 4) is 5.75 Å². The predicted octanol–water partition coefficient (Wildman–Crippen LogP) is 3.87. The molecule has 29 heavy (non-hydrogen) atoms. The number of aryl methyl sites for hydroxylation is 1. The van der Waals surface area contributed by atoms with Crippen molar-refractivity contribution in [2.75, 3.05) is 26.2 Å². The van der Waals surface area contributed by atoms with E-state index in [-0.39, 0.29) is 30.7 Å². The molecule has 0 bridgehead atoms. The maximum absolute atomic E-state index is 12.7. The van der Waals surface area contributed by atoms with Crippen molar-refractivity contribution >= 4 is 42.1 Å². The molecule has 2 aliphatic heterocycles. The molecule has 160 valence electrons. The minimum Gasteiger partial charge on any atom is -0.486 e. The number of nitrogens with zero attached hydrogens (tertiary/aromatic N) is 2. The Labute approximate surface area is 189 Å². The molecule has 0 aliphatic carbocycles. The number of amides is 1. The number of carbonyl (C=O) groups excluding carboxylic acids is 1. The van der Waals surface area contributed by atoms with Crippen molar-refractivity contribution in [1.82, 2.24) is 15.2 Å².